The number of rotatable bonds is 5. The average molecular weight is 291 g/mol. The van der Waals surface area contributed by atoms with Gasteiger partial charge in [0.1, 0.15) is 5.56 Å². The number of carbonyl (C=O) groups is 1. The molecule has 0 atom stereocenters. The van der Waals surface area contributed by atoms with Crippen LogP contribution in [-0.2, 0) is 12.8 Å². The molecule has 116 valence electrons. The summed E-state index contributed by atoms with van der Waals surface area (Å²) in [6, 6.07) is 0.317. The van der Waals surface area contributed by atoms with Gasteiger partial charge in [-0.1, -0.05) is 39.5 Å². The van der Waals surface area contributed by atoms with E-state index in [1.54, 1.807) is 0 Å². The van der Waals surface area contributed by atoms with Crippen LogP contribution in [-0.4, -0.2) is 27.3 Å². The Balaban J connectivity index is 2.31. The highest BCUT2D eigenvalue weighted by Crippen LogP contribution is 2.25. The van der Waals surface area contributed by atoms with Crippen LogP contribution in [0, 0.1) is 0 Å². The molecular weight excluding hydrogens is 266 g/mol. The number of aryl methyl sites for hydroxylation is 1. The van der Waals surface area contributed by atoms with Gasteiger partial charge in [0.05, 0.1) is 5.69 Å². The molecule has 21 heavy (non-hydrogen) atoms. The summed E-state index contributed by atoms with van der Waals surface area (Å²) in [7, 11) is 0. The van der Waals surface area contributed by atoms with Crippen LogP contribution in [0.1, 0.15) is 74.0 Å². The molecule has 2 rings (SSSR count). The summed E-state index contributed by atoms with van der Waals surface area (Å²) in [4.78, 5) is 11.7. The van der Waals surface area contributed by atoms with Crippen LogP contribution >= 0.6 is 0 Å². The molecule has 1 aliphatic rings. The van der Waals surface area contributed by atoms with Crippen molar-refractivity contribution in [3.05, 3.63) is 16.8 Å². The van der Waals surface area contributed by atoms with Crippen LogP contribution in [0.2, 0.25) is 0 Å². The molecule has 0 aromatic carbocycles. The Bertz CT molecular complexity index is 495. The lowest BCUT2D eigenvalue weighted by atomic mass is 10.0. The largest absolute Gasteiger partial charge is 0.478 e. The third-order valence-corrected chi connectivity index (χ3v) is 4.26. The quantitative estimate of drug-likeness (QED) is 0.813. The number of hydrogen-bond acceptors (Lipinski definition) is 4. The highest BCUT2D eigenvalue weighted by atomic mass is 16.4. The maximum absolute atomic E-state index is 11.7. The molecule has 1 aromatic heterocycles. The zero-order valence-corrected chi connectivity index (χ0v) is 13.0. The first-order valence-electron chi connectivity index (χ1n) is 8.05. The molecule has 5 nitrogen and oxygen atoms in total. The lowest BCUT2D eigenvalue weighted by Gasteiger charge is -2.19. The van der Waals surface area contributed by atoms with E-state index in [-0.39, 0.29) is 0 Å². The minimum absolute atomic E-state index is 0.314. The second kappa shape index (κ2) is 7.38. The molecule has 0 amide bonds. The summed E-state index contributed by atoms with van der Waals surface area (Å²) in [6.07, 6.45) is 8.47. The Hall–Kier alpha value is -1.65. The van der Waals surface area contributed by atoms with Gasteiger partial charge in [-0.3, -0.25) is 0 Å². The van der Waals surface area contributed by atoms with Crippen molar-refractivity contribution in [2.45, 2.75) is 71.3 Å². The van der Waals surface area contributed by atoms with Gasteiger partial charge < -0.3 is 10.4 Å². The smallest absolute Gasteiger partial charge is 0.339 e. The van der Waals surface area contributed by atoms with Gasteiger partial charge in [-0.25, -0.2) is 4.79 Å². The number of carboxylic acids is 1. The van der Waals surface area contributed by atoms with Gasteiger partial charge in [0, 0.05) is 6.04 Å². The summed E-state index contributed by atoms with van der Waals surface area (Å²) in [6.45, 7) is 3.95. The molecule has 1 saturated carbocycles. The number of carboxylic acid groups (broad SMARTS) is 1. The van der Waals surface area contributed by atoms with Crippen molar-refractivity contribution in [2.24, 2.45) is 0 Å². The topological polar surface area (TPSA) is 75.1 Å². The average Bonchev–Trinajstić information content (AvgIpc) is 2.74. The highest BCUT2D eigenvalue weighted by molar-refractivity contribution is 5.95. The Morgan fingerprint density at radius 1 is 1.14 bits per heavy atom. The highest BCUT2D eigenvalue weighted by Gasteiger charge is 2.22. The number of anilines is 1. The van der Waals surface area contributed by atoms with Crippen LogP contribution in [0.3, 0.4) is 0 Å². The molecule has 5 heteroatoms. The fourth-order valence-electron chi connectivity index (χ4n) is 3.12. The SMILES string of the molecule is CCc1nnc(NC2CCCCCC2)c(C(=O)O)c1CC. The number of nitrogens with one attached hydrogen (secondary N) is 1. The van der Waals surface area contributed by atoms with Crippen molar-refractivity contribution in [2.75, 3.05) is 5.32 Å². The fraction of sp³-hybridized carbons (Fsp3) is 0.688. The van der Waals surface area contributed by atoms with E-state index in [0.29, 0.717) is 30.3 Å². The number of aromatic carboxylic acids is 1. The van der Waals surface area contributed by atoms with Crippen molar-refractivity contribution >= 4 is 11.8 Å². The van der Waals surface area contributed by atoms with Crippen molar-refractivity contribution in [1.29, 1.82) is 0 Å². The Kier molecular flexibility index (Phi) is 5.53. The van der Waals surface area contributed by atoms with Crippen LogP contribution in [0.5, 0.6) is 0 Å². The van der Waals surface area contributed by atoms with Gasteiger partial charge in [-0.05, 0) is 31.2 Å². The van der Waals surface area contributed by atoms with Crippen molar-refractivity contribution < 1.29 is 9.90 Å². The monoisotopic (exact) mass is 291 g/mol. The maximum atomic E-state index is 11.7. The molecule has 1 heterocycles. The predicted octanol–water partition coefficient (Wildman–Crippen LogP) is 3.43. The summed E-state index contributed by atoms with van der Waals surface area (Å²) >= 11 is 0. The molecule has 1 fully saturated rings. The minimum Gasteiger partial charge on any atom is -0.478 e. The van der Waals surface area contributed by atoms with E-state index >= 15 is 0 Å². The van der Waals surface area contributed by atoms with Gasteiger partial charge in [0.25, 0.3) is 0 Å². The first-order valence-corrected chi connectivity index (χ1v) is 8.05. The molecule has 1 aromatic rings. The Morgan fingerprint density at radius 3 is 2.33 bits per heavy atom. The van der Waals surface area contributed by atoms with Crippen LogP contribution in [0.25, 0.3) is 0 Å². The molecule has 0 spiro atoms. The van der Waals surface area contributed by atoms with Crippen molar-refractivity contribution in [1.82, 2.24) is 10.2 Å². The maximum Gasteiger partial charge on any atom is 0.339 e. The van der Waals surface area contributed by atoms with Gasteiger partial charge in [-0.2, -0.15) is 5.10 Å². The molecule has 0 radical (unpaired) electrons. The fourth-order valence-corrected chi connectivity index (χ4v) is 3.12. The van der Waals surface area contributed by atoms with Crippen LogP contribution in [0.15, 0.2) is 0 Å². The predicted molar refractivity (Wildman–Crippen MR) is 82.9 cm³/mol. The standard InChI is InChI=1S/C16H25N3O2/c1-3-12-13(4-2)18-19-15(14(12)16(20)21)17-11-9-7-5-6-8-10-11/h11H,3-10H2,1-2H3,(H,17,19)(H,20,21). The Morgan fingerprint density at radius 2 is 1.81 bits per heavy atom. The third-order valence-electron chi connectivity index (χ3n) is 4.26. The van der Waals surface area contributed by atoms with E-state index in [9.17, 15) is 9.90 Å². The van der Waals surface area contributed by atoms with E-state index in [1.165, 1.54) is 25.7 Å². The van der Waals surface area contributed by atoms with Gasteiger partial charge >= 0.3 is 5.97 Å². The molecular formula is C16H25N3O2. The number of hydrogen-bond donors (Lipinski definition) is 2. The number of nitrogens with zero attached hydrogens (tertiary/aromatic N) is 2. The second-order valence-electron chi connectivity index (χ2n) is 5.69. The zero-order chi connectivity index (χ0) is 15.2. The van der Waals surface area contributed by atoms with Crippen LogP contribution in [0.4, 0.5) is 5.82 Å². The van der Waals surface area contributed by atoms with Crippen molar-refractivity contribution in [3.8, 4) is 0 Å². The zero-order valence-electron chi connectivity index (χ0n) is 13.0. The normalized spacial score (nSPS) is 16.5. The molecule has 1 aliphatic carbocycles. The lowest BCUT2D eigenvalue weighted by Crippen LogP contribution is -2.23. The Labute approximate surface area is 126 Å². The first kappa shape index (κ1) is 15.7. The van der Waals surface area contributed by atoms with E-state index in [1.807, 2.05) is 13.8 Å². The number of aromatic nitrogens is 2. The van der Waals surface area contributed by atoms with E-state index in [2.05, 4.69) is 15.5 Å². The van der Waals surface area contributed by atoms with E-state index in [4.69, 9.17) is 0 Å². The lowest BCUT2D eigenvalue weighted by molar-refractivity contribution is 0.0696. The summed E-state index contributed by atoms with van der Waals surface area (Å²) in [5.74, 6) is -0.462. The molecule has 0 saturated heterocycles. The van der Waals surface area contributed by atoms with Gasteiger partial charge in [0.2, 0.25) is 0 Å². The summed E-state index contributed by atoms with van der Waals surface area (Å²) in [5.41, 5.74) is 1.92. The first-order chi connectivity index (χ1) is 10.2. The van der Waals surface area contributed by atoms with E-state index < -0.39 is 5.97 Å². The van der Waals surface area contributed by atoms with E-state index in [0.717, 1.165) is 24.1 Å². The molecule has 0 unspecified atom stereocenters. The third kappa shape index (κ3) is 3.71. The summed E-state index contributed by atoms with van der Waals surface area (Å²) < 4.78 is 0. The molecule has 2 N–H and O–H groups in total. The van der Waals surface area contributed by atoms with Crippen LogP contribution < -0.4 is 5.32 Å². The molecule has 0 bridgehead atoms. The van der Waals surface area contributed by atoms with Crippen molar-refractivity contribution in [3.63, 3.8) is 0 Å². The van der Waals surface area contributed by atoms with Gasteiger partial charge in [0.15, 0.2) is 5.82 Å². The van der Waals surface area contributed by atoms with Gasteiger partial charge in [-0.15, -0.1) is 5.10 Å². The summed E-state index contributed by atoms with van der Waals surface area (Å²) in [5, 5.41) is 21.3. The second-order valence-corrected chi connectivity index (χ2v) is 5.69. The minimum atomic E-state index is -0.910. The molecule has 0 aliphatic heterocycles.